The van der Waals surface area contributed by atoms with Crippen LogP contribution >= 0.6 is 0 Å². The minimum atomic E-state index is -0.890. The van der Waals surface area contributed by atoms with Crippen LogP contribution in [0.25, 0.3) is 16.7 Å². The summed E-state index contributed by atoms with van der Waals surface area (Å²) in [5.74, 6) is 1.51. The molecule has 2 fully saturated rings. The first-order valence-corrected chi connectivity index (χ1v) is 9.59. The summed E-state index contributed by atoms with van der Waals surface area (Å²) < 4.78 is 15.7. The number of H-pyrrole nitrogens is 1. The number of likely N-dealkylation sites (tertiary alicyclic amines) is 2. The topological polar surface area (TPSA) is 69.5 Å². The first kappa shape index (κ1) is 16.5. The van der Waals surface area contributed by atoms with Crippen molar-refractivity contribution in [2.24, 2.45) is 5.92 Å². The second-order valence-electron chi connectivity index (χ2n) is 7.78. The zero-order valence-corrected chi connectivity index (χ0v) is 15.3. The fraction of sp³-hybridized carbons (Fsp3) is 0.526. The van der Waals surface area contributed by atoms with Crippen LogP contribution in [0.5, 0.6) is 0 Å². The highest BCUT2D eigenvalue weighted by molar-refractivity contribution is 5.76. The number of fused-ring (bicyclic) bond motifs is 3. The summed E-state index contributed by atoms with van der Waals surface area (Å²) in [5, 5.41) is 0. The van der Waals surface area contributed by atoms with E-state index >= 15 is 0 Å². The van der Waals surface area contributed by atoms with Crippen LogP contribution in [0.3, 0.4) is 0 Å². The number of rotatable bonds is 1. The molecule has 0 unspecified atom stereocenters. The molecule has 8 heteroatoms. The Labute approximate surface area is 156 Å². The molecule has 0 aromatic carbocycles. The average molecular weight is 370 g/mol. The Balaban J connectivity index is 1.48. The van der Waals surface area contributed by atoms with Gasteiger partial charge in [0.05, 0.1) is 30.0 Å². The molecule has 0 spiro atoms. The smallest absolute Gasteiger partial charge is 0.320 e. The quantitative estimate of drug-likeness (QED) is 0.716. The Morgan fingerprint density at radius 1 is 1.19 bits per heavy atom. The maximum absolute atomic E-state index is 13.5. The van der Waals surface area contributed by atoms with Crippen molar-refractivity contribution >= 4 is 22.7 Å². The second-order valence-corrected chi connectivity index (χ2v) is 7.78. The molecule has 2 saturated heterocycles. The van der Waals surface area contributed by atoms with Gasteiger partial charge in [-0.05, 0) is 24.8 Å². The van der Waals surface area contributed by atoms with Crippen molar-refractivity contribution in [3.63, 3.8) is 0 Å². The van der Waals surface area contributed by atoms with Crippen molar-refractivity contribution in [2.45, 2.75) is 31.9 Å². The number of alkyl halides is 1. The molecule has 0 bridgehead atoms. The van der Waals surface area contributed by atoms with E-state index in [2.05, 4.69) is 21.3 Å². The number of nitrogens with one attached hydrogen (secondary N) is 1. The van der Waals surface area contributed by atoms with Gasteiger partial charge in [0.2, 0.25) is 0 Å². The molecule has 5 rings (SSSR count). The monoisotopic (exact) mass is 370 g/mol. The van der Waals surface area contributed by atoms with Gasteiger partial charge in [0.1, 0.15) is 12.0 Å². The Morgan fingerprint density at radius 3 is 2.78 bits per heavy atom. The lowest BCUT2D eigenvalue weighted by Gasteiger charge is -2.38. The molecule has 3 aromatic heterocycles. The van der Waals surface area contributed by atoms with E-state index in [0.29, 0.717) is 32.0 Å². The van der Waals surface area contributed by atoms with Gasteiger partial charge in [-0.15, -0.1) is 0 Å². The zero-order chi connectivity index (χ0) is 18.5. The van der Waals surface area contributed by atoms with E-state index in [1.165, 1.54) is 0 Å². The SMILES string of the molecule is C[C@@H]1CCN(C(=O)N2CC[C@H](F)C2)C[C@@H]1c1ncc2cnc3[nH]ccc3n12. The molecule has 142 valence electrons. The van der Waals surface area contributed by atoms with Gasteiger partial charge in [0.25, 0.3) is 0 Å². The first-order chi connectivity index (χ1) is 13.1. The minimum absolute atomic E-state index is 0.0404. The Morgan fingerprint density at radius 2 is 1.96 bits per heavy atom. The normalized spacial score (nSPS) is 26.4. The largest absolute Gasteiger partial charge is 0.345 e. The number of halogens is 1. The summed E-state index contributed by atoms with van der Waals surface area (Å²) in [5.41, 5.74) is 2.77. The highest BCUT2D eigenvalue weighted by Gasteiger charge is 2.36. The van der Waals surface area contributed by atoms with E-state index in [0.717, 1.165) is 28.9 Å². The van der Waals surface area contributed by atoms with Crippen LogP contribution in [-0.2, 0) is 0 Å². The number of aromatic amines is 1. The second kappa shape index (κ2) is 6.21. The Bertz CT molecular complexity index is 997. The molecule has 0 aliphatic carbocycles. The summed E-state index contributed by atoms with van der Waals surface area (Å²) in [7, 11) is 0. The summed E-state index contributed by atoms with van der Waals surface area (Å²) in [4.78, 5) is 28.6. The Kier molecular flexibility index (Phi) is 3.80. The fourth-order valence-corrected chi connectivity index (χ4v) is 4.43. The van der Waals surface area contributed by atoms with Crippen LogP contribution in [0.2, 0.25) is 0 Å². The lowest BCUT2D eigenvalue weighted by atomic mass is 9.86. The molecule has 5 heterocycles. The number of hydrogen-bond acceptors (Lipinski definition) is 3. The van der Waals surface area contributed by atoms with Crippen molar-refractivity contribution < 1.29 is 9.18 Å². The van der Waals surface area contributed by atoms with Crippen molar-refractivity contribution in [3.8, 4) is 0 Å². The highest BCUT2D eigenvalue weighted by atomic mass is 19.1. The third-order valence-corrected chi connectivity index (χ3v) is 6.05. The molecule has 3 atom stereocenters. The molecule has 2 aliphatic rings. The standard InChI is InChI=1S/C19H23FN6O/c1-12-3-6-25(19(27)24-7-4-13(20)10-24)11-15(12)18-23-9-14-8-22-17-16(26(14)18)2-5-21-17/h2,5,8-9,12-13,15,21H,3-4,6-7,10-11H2,1H3/t12-,13+,15+/m1/s1. The summed E-state index contributed by atoms with van der Waals surface area (Å²) >= 11 is 0. The van der Waals surface area contributed by atoms with Crippen LogP contribution in [0.1, 0.15) is 31.5 Å². The van der Waals surface area contributed by atoms with Gasteiger partial charge in [-0.3, -0.25) is 4.40 Å². The van der Waals surface area contributed by atoms with E-state index in [-0.39, 0.29) is 18.5 Å². The van der Waals surface area contributed by atoms with Crippen LogP contribution in [0, 0.1) is 5.92 Å². The molecule has 0 radical (unpaired) electrons. The Hall–Kier alpha value is -2.64. The summed E-state index contributed by atoms with van der Waals surface area (Å²) in [6, 6.07) is 1.96. The lowest BCUT2D eigenvalue weighted by molar-refractivity contribution is 0.129. The zero-order valence-electron chi connectivity index (χ0n) is 15.3. The lowest BCUT2D eigenvalue weighted by Crippen LogP contribution is -2.48. The summed E-state index contributed by atoms with van der Waals surface area (Å²) in [6.45, 7) is 4.28. The van der Waals surface area contributed by atoms with E-state index in [1.54, 1.807) is 4.90 Å². The van der Waals surface area contributed by atoms with Crippen molar-refractivity contribution in [3.05, 3.63) is 30.5 Å². The molecule has 2 amide bonds. The number of piperidine rings is 1. The van der Waals surface area contributed by atoms with Gasteiger partial charge in [0.15, 0.2) is 5.65 Å². The van der Waals surface area contributed by atoms with Crippen molar-refractivity contribution in [1.82, 2.24) is 29.2 Å². The van der Waals surface area contributed by atoms with Gasteiger partial charge in [-0.2, -0.15) is 0 Å². The maximum atomic E-state index is 13.5. The fourth-order valence-electron chi connectivity index (χ4n) is 4.43. The number of carbonyl (C=O) groups excluding carboxylic acids is 1. The number of aromatic nitrogens is 4. The van der Waals surface area contributed by atoms with Crippen LogP contribution in [0.4, 0.5) is 9.18 Å². The minimum Gasteiger partial charge on any atom is -0.345 e. The molecule has 3 aromatic rings. The number of imidazole rings is 1. The molecule has 1 N–H and O–H groups in total. The number of nitrogens with zero attached hydrogens (tertiary/aromatic N) is 5. The number of urea groups is 1. The van der Waals surface area contributed by atoms with Crippen molar-refractivity contribution in [1.29, 1.82) is 0 Å². The van der Waals surface area contributed by atoms with Crippen LogP contribution < -0.4 is 0 Å². The van der Waals surface area contributed by atoms with Gasteiger partial charge in [-0.1, -0.05) is 6.92 Å². The van der Waals surface area contributed by atoms with Gasteiger partial charge in [-0.25, -0.2) is 19.2 Å². The molecule has 0 saturated carbocycles. The van der Waals surface area contributed by atoms with Gasteiger partial charge in [0, 0.05) is 31.7 Å². The predicted molar refractivity (Wildman–Crippen MR) is 99.4 cm³/mol. The average Bonchev–Trinajstić information content (AvgIpc) is 3.39. The van der Waals surface area contributed by atoms with E-state index in [1.807, 2.05) is 29.6 Å². The maximum Gasteiger partial charge on any atom is 0.320 e. The number of carbonyl (C=O) groups is 1. The van der Waals surface area contributed by atoms with Crippen LogP contribution in [0.15, 0.2) is 24.7 Å². The molecule has 7 nitrogen and oxygen atoms in total. The summed E-state index contributed by atoms with van der Waals surface area (Å²) in [6.07, 6.45) is 6.01. The highest BCUT2D eigenvalue weighted by Crippen LogP contribution is 2.33. The molecule has 27 heavy (non-hydrogen) atoms. The third kappa shape index (κ3) is 2.65. The van der Waals surface area contributed by atoms with Gasteiger partial charge >= 0.3 is 6.03 Å². The molecule has 2 aliphatic heterocycles. The molecular formula is C19H23FN6O. The first-order valence-electron chi connectivity index (χ1n) is 9.59. The van der Waals surface area contributed by atoms with E-state index in [4.69, 9.17) is 4.98 Å². The molecular weight excluding hydrogens is 347 g/mol. The predicted octanol–water partition coefficient (Wildman–Crippen LogP) is 2.80. The number of hydrogen-bond donors (Lipinski definition) is 1. The van der Waals surface area contributed by atoms with Crippen LogP contribution in [-0.4, -0.2) is 67.5 Å². The number of amides is 2. The third-order valence-electron chi connectivity index (χ3n) is 6.05. The van der Waals surface area contributed by atoms with E-state index < -0.39 is 6.17 Å². The van der Waals surface area contributed by atoms with Crippen molar-refractivity contribution in [2.75, 3.05) is 26.2 Å². The van der Waals surface area contributed by atoms with E-state index in [9.17, 15) is 9.18 Å². The van der Waals surface area contributed by atoms with Gasteiger partial charge < -0.3 is 14.8 Å².